The normalized spacial score (nSPS) is 18.2. The minimum Gasteiger partial charge on any atom is -0.369 e. The van der Waals surface area contributed by atoms with E-state index in [1.165, 1.54) is 0 Å². The van der Waals surface area contributed by atoms with Crippen molar-refractivity contribution in [1.29, 1.82) is 0 Å². The molecule has 4 heterocycles. The summed E-state index contributed by atoms with van der Waals surface area (Å²) in [6, 6.07) is 1.71. The number of hydrogen-bond acceptors (Lipinski definition) is 6. The Bertz CT molecular complexity index is 1490. The number of aryl methyl sites for hydroxylation is 2. The van der Waals surface area contributed by atoms with Crippen molar-refractivity contribution < 1.29 is 17.9 Å². The number of nitrogens with zero attached hydrogens (tertiary/aromatic N) is 6. The number of fused-ring (bicyclic) bond motifs is 1. The Morgan fingerprint density at radius 2 is 1.71 bits per heavy atom. The molecule has 1 aromatic carbocycles. The van der Waals surface area contributed by atoms with Crippen LogP contribution in [0.5, 0.6) is 0 Å². The maximum atomic E-state index is 14.8. The van der Waals surface area contributed by atoms with Gasteiger partial charge in [-0.1, -0.05) is 0 Å². The van der Waals surface area contributed by atoms with Gasteiger partial charge in [0.25, 0.3) is 0 Å². The fourth-order valence-electron chi connectivity index (χ4n) is 4.23. The molecular formula is C25H21F3N6O. The van der Waals surface area contributed by atoms with Gasteiger partial charge in [0.2, 0.25) is 0 Å². The van der Waals surface area contributed by atoms with Crippen molar-refractivity contribution in [2.45, 2.75) is 45.3 Å². The van der Waals surface area contributed by atoms with Gasteiger partial charge in [-0.3, -0.25) is 4.68 Å². The van der Waals surface area contributed by atoms with Gasteiger partial charge < -0.3 is 4.74 Å². The molecule has 6 rings (SSSR count). The lowest BCUT2D eigenvalue weighted by molar-refractivity contribution is 0.0825. The fourth-order valence-corrected chi connectivity index (χ4v) is 4.23. The third-order valence-corrected chi connectivity index (χ3v) is 6.37. The number of halogens is 3. The zero-order chi connectivity index (χ0) is 24.3. The molecule has 3 aromatic heterocycles. The molecule has 1 fully saturated rings. The van der Waals surface area contributed by atoms with Crippen molar-refractivity contribution in [2.24, 2.45) is 0 Å². The Kier molecular flexibility index (Phi) is 5.14. The first-order chi connectivity index (χ1) is 16.9. The molecule has 0 N–H and O–H groups in total. The van der Waals surface area contributed by atoms with E-state index in [1.807, 2.05) is 17.0 Å². The van der Waals surface area contributed by atoms with Crippen LogP contribution in [-0.2, 0) is 4.74 Å². The molecule has 0 unspecified atom stereocenters. The lowest BCUT2D eigenvalue weighted by atomic mass is 10.0. The Balaban J connectivity index is 1.50. The van der Waals surface area contributed by atoms with Gasteiger partial charge in [-0.25, -0.2) is 33.1 Å². The molecule has 4 aromatic rings. The van der Waals surface area contributed by atoms with Crippen LogP contribution in [0.2, 0.25) is 0 Å². The largest absolute Gasteiger partial charge is 0.369 e. The number of aromatic nitrogens is 6. The van der Waals surface area contributed by atoms with E-state index < -0.39 is 23.0 Å². The maximum Gasteiger partial charge on any atom is 0.182 e. The van der Waals surface area contributed by atoms with E-state index in [2.05, 4.69) is 25.0 Å². The predicted molar refractivity (Wildman–Crippen MR) is 122 cm³/mol. The Morgan fingerprint density at radius 1 is 0.971 bits per heavy atom. The first-order valence-electron chi connectivity index (χ1n) is 11.4. The van der Waals surface area contributed by atoms with Gasteiger partial charge in [-0.2, -0.15) is 5.10 Å². The molecular weight excluding hydrogens is 457 g/mol. The molecule has 1 saturated carbocycles. The average Bonchev–Trinajstić information content (AvgIpc) is 3.55. The zero-order valence-electron chi connectivity index (χ0n) is 19.1. The lowest BCUT2D eigenvalue weighted by Crippen LogP contribution is -2.12. The molecule has 0 spiro atoms. The summed E-state index contributed by atoms with van der Waals surface area (Å²) in [6.07, 6.45) is 8.07. The van der Waals surface area contributed by atoms with Crippen molar-refractivity contribution >= 4 is 16.7 Å². The smallest absolute Gasteiger partial charge is 0.182 e. The molecule has 178 valence electrons. The van der Waals surface area contributed by atoms with Crippen LogP contribution in [0.25, 0.3) is 28.0 Å². The van der Waals surface area contributed by atoms with Crippen LogP contribution < -0.4 is 0 Å². The van der Waals surface area contributed by atoms with Gasteiger partial charge in [-0.05, 0) is 44.8 Å². The minimum atomic E-state index is -1.07. The third kappa shape index (κ3) is 3.97. The van der Waals surface area contributed by atoms with Crippen molar-refractivity contribution in [2.75, 3.05) is 6.61 Å². The molecule has 0 radical (unpaired) electrons. The van der Waals surface area contributed by atoms with Crippen molar-refractivity contribution in [3.63, 3.8) is 0 Å². The summed E-state index contributed by atoms with van der Waals surface area (Å²) in [4.78, 5) is 18.1. The van der Waals surface area contributed by atoms with Crippen LogP contribution in [0.4, 0.5) is 13.2 Å². The zero-order valence-corrected chi connectivity index (χ0v) is 19.1. The second-order valence-electron chi connectivity index (χ2n) is 8.93. The standard InChI is InChI=1S/C25H21F3N6O/c1-12-13(2)31-25-23(30-12)22(21-18(27)8-16(26)9-19(21)28)32-24(33-25)14-5-6-35-20(7-14)15-10-29-34(11-15)17-3-4-17/h7-11,17,20H,3-6H2,1-2H3/t20-/m1/s1. The van der Waals surface area contributed by atoms with Gasteiger partial charge in [-0.15, -0.1) is 0 Å². The highest BCUT2D eigenvalue weighted by molar-refractivity contribution is 5.88. The van der Waals surface area contributed by atoms with Gasteiger partial charge >= 0.3 is 0 Å². The molecule has 10 heteroatoms. The number of hydrogen-bond donors (Lipinski definition) is 0. The first kappa shape index (κ1) is 21.8. The topological polar surface area (TPSA) is 78.6 Å². The summed E-state index contributed by atoms with van der Waals surface area (Å²) in [7, 11) is 0. The van der Waals surface area contributed by atoms with Crippen molar-refractivity contribution in [3.05, 3.63) is 70.8 Å². The fraction of sp³-hybridized carbons (Fsp3) is 0.320. The van der Waals surface area contributed by atoms with E-state index in [1.54, 1.807) is 20.0 Å². The second-order valence-corrected chi connectivity index (χ2v) is 8.93. The van der Waals surface area contributed by atoms with Crippen LogP contribution >= 0.6 is 0 Å². The van der Waals surface area contributed by atoms with Crippen molar-refractivity contribution in [3.8, 4) is 11.3 Å². The van der Waals surface area contributed by atoms with Crippen LogP contribution in [-0.4, -0.2) is 36.3 Å². The van der Waals surface area contributed by atoms with Crippen LogP contribution in [0.1, 0.15) is 54.2 Å². The molecule has 7 nitrogen and oxygen atoms in total. The second kappa shape index (κ2) is 8.23. The Morgan fingerprint density at radius 3 is 2.46 bits per heavy atom. The molecule has 1 aliphatic heterocycles. The molecule has 0 saturated heterocycles. The highest BCUT2D eigenvalue weighted by Gasteiger charge is 2.27. The summed E-state index contributed by atoms with van der Waals surface area (Å²) < 4.78 is 51.1. The van der Waals surface area contributed by atoms with Gasteiger partial charge in [0, 0.05) is 23.9 Å². The summed E-state index contributed by atoms with van der Waals surface area (Å²) in [6.45, 7) is 3.94. The van der Waals surface area contributed by atoms with E-state index in [0.717, 1.165) is 24.0 Å². The molecule has 35 heavy (non-hydrogen) atoms. The van der Waals surface area contributed by atoms with Gasteiger partial charge in [0.15, 0.2) is 11.5 Å². The average molecular weight is 478 g/mol. The van der Waals surface area contributed by atoms with E-state index in [-0.39, 0.29) is 28.8 Å². The van der Waals surface area contributed by atoms with E-state index in [4.69, 9.17) is 4.74 Å². The third-order valence-electron chi connectivity index (χ3n) is 6.37. The molecule has 2 aliphatic rings. The summed E-state index contributed by atoms with van der Waals surface area (Å²) >= 11 is 0. The molecule has 0 amide bonds. The summed E-state index contributed by atoms with van der Waals surface area (Å²) in [5.74, 6) is -2.88. The van der Waals surface area contributed by atoms with Crippen molar-refractivity contribution in [1.82, 2.24) is 29.7 Å². The molecule has 1 aliphatic carbocycles. The maximum absolute atomic E-state index is 14.8. The van der Waals surface area contributed by atoms with Crippen LogP contribution in [0.15, 0.2) is 30.6 Å². The number of benzene rings is 1. The number of rotatable bonds is 4. The quantitative estimate of drug-likeness (QED) is 0.401. The molecule has 0 bridgehead atoms. The van der Waals surface area contributed by atoms with Gasteiger partial charge in [0.1, 0.15) is 34.8 Å². The SMILES string of the molecule is Cc1nc2nc(C3=C[C@H](c4cnn(C5CC5)c4)OCC3)nc(-c3c(F)cc(F)cc3F)c2nc1C. The monoisotopic (exact) mass is 478 g/mol. The summed E-state index contributed by atoms with van der Waals surface area (Å²) in [5, 5.41) is 4.43. The highest BCUT2D eigenvalue weighted by Crippen LogP contribution is 2.37. The first-order valence-corrected chi connectivity index (χ1v) is 11.4. The van der Waals surface area contributed by atoms with Crippen LogP contribution in [0, 0.1) is 31.3 Å². The van der Waals surface area contributed by atoms with E-state index >= 15 is 0 Å². The van der Waals surface area contributed by atoms with E-state index in [0.29, 0.717) is 42.6 Å². The Hall–Kier alpha value is -3.66. The lowest BCUT2D eigenvalue weighted by Gasteiger charge is -2.21. The summed E-state index contributed by atoms with van der Waals surface area (Å²) in [5.41, 5.74) is 2.71. The highest BCUT2D eigenvalue weighted by atomic mass is 19.1. The minimum absolute atomic E-state index is 0.0684. The molecule has 1 atom stereocenters. The Labute approximate surface area is 198 Å². The number of ether oxygens (including phenoxy) is 1. The predicted octanol–water partition coefficient (Wildman–Crippen LogP) is 5.20. The van der Waals surface area contributed by atoms with Crippen LogP contribution in [0.3, 0.4) is 0 Å². The van der Waals surface area contributed by atoms with Gasteiger partial charge in [0.05, 0.1) is 35.8 Å². The van der Waals surface area contributed by atoms with E-state index in [9.17, 15) is 13.2 Å².